The molecule has 0 radical (unpaired) electrons. The first-order valence-electron chi connectivity index (χ1n) is 6.24. The second-order valence-electron chi connectivity index (χ2n) is 4.21. The lowest BCUT2D eigenvalue weighted by atomic mass is 10.1. The minimum atomic E-state index is 0.664. The van der Waals surface area contributed by atoms with E-state index in [0.717, 1.165) is 35.3 Å². The number of unbranched alkanes of at least 4 members (excludes halogenated alkanes) is 1. The monoisotopic (exact) mass is 256 g/mol. The number of aliphatic imine (C=N–C) groups is 1. The molecule has 2 heterocycles. The summed E-state index contributed by atoms with van der Waals surface area (Å²) in [7, 11) is 0. The summed E-state index contributed by atoms with van der Waals surface area (Å²) in [6.07, 6.45) is 9.63. The topological polar surface area (TPSA) is 60.1 Å². The normalized spacial score (nSPS) is 11.1. The highest BCUT2D eigenvalue weighted by atomic mass is 16.1. The Morgan fingerprint density at radius 3 is 3.00 bits per heavy atom. The molecule has 0 N–H and O–H groups in total. The Labute approximate surface area is 112 Å². The number of hydrogen-bond acceptors (Lipinski definition) is 4. The van der Waals surface area contributed by atoms with Crippen LogP contribution < -0.4 is 0 Å². The maximum Gasteiger partial charge on any atom is 0.234 e. The zero-order valence-corrected chi connectivity index (χ0v) is 11.1. The van der Waals surface area contributed by atoms with Crippen molar-refractivity contribution >= 4 is 18.3 Å². The van der Waals surface area contributed by atoms with Crippen LogP contribution in [0.1, 0.15) is 25.5 Å². The van der Waals surface area contributed by atoms with Crippen molar-refractivity contribution in [2.24, 2.45) is 4.99 Å². The molecule has 2 rings (SSSR count). The molecule has 0 spiro atoms. The third-order valence-corrected chi connectivity index (χ3v) is 2.77. The van der Waals surface area contributed by atoms with E-state index in [9.17, 15) is 4.79 Å². The van der Waals surface area contributed by atoms with Crippen LogP contribution in [0.25, 0.3) is 11.1 Å². The maximum absolute atomic E-state index is 10.7. The van der Waals surface area contributed by atoms with Crippen LogP contribution in [0.5, 0.6) is 0 Å². The summed E-state index contributed by atoms with van der Waals surface area (Å²) in [6, 6.07) is 1.89. The Morgan fingerprint density at radius 1 is 1.47 bits per heavy atom. The van der Waals surface area contributed by atoms with Gasteiger partial charge in [0.1, 0.15) is 0 Å². The molecule has 98 valence electrons. The Balaban J connectivity index is 2.44. The van der Waals surface area contributed by atoms with E-state index >= 15 is 0 Å². The summed E-state index contributed by atoms with van der Waals surface area (Å²) >= 11 is 0. The van der Waals surface area contributed by atoms with Gasteiger partial charge in [0.05, 0.1) is 17.6 Å². The number of aryl methyl sites for hydroxylation is 1. The van der Waals surface area contributed by atoms with E-state index in [4.69, 9.17) is 0 Å². The van der Waals surface area contributed by atoms with E-state index in [1.807, 2.05) is 19.2 Å². The SMILES string of the molecule is CCCC=Nc1c(-c2cnn(C=O)c2)ccnc1C. The fourth-order valence-electron chi connectivity index (χ4n) is 1.77. The van der Waals surface area contributed by atoms with Crippen molar-refractivity contribution in [2.45, 2.75) is 26.7 Å². The number of pyridine rings is 1. The molecular formula is C14H16N4O. The van der Waals surface area contributed by atoms with Crippen LogP contribution in [0, 0.1) is 6.92 Å². The van der Waals surface area contributed by atoms with Gasteiger partial charge in [0.25, 0.3) is 0 Å². The molecule has 0 bridgehead atoms. The molecule has 0 aliphatic carbocycles. The molecule has 2 aromatic rings. The zero-order chi connectivity index (χ0) is 13.7. The highest BCUT2D eigenvalue weighted by Gasteiger charge is 2.09. The smallest absolute Gasteiger partial charge is 0.234 e. The zero-order valence-electron chi connectivity index (χ0n) is 11.1. The molecule has 0 fully saturated rings. The van der Waals surface area contributed by atoms with Gasteiger partial charge in [-0.25, -0.2) is 4.68 Å². The highest BCUT2D eigenvalue weighted by Crippen LogP contribution is 2.31. The van der Waals surface area contributed by atoms with Crippen LogP contribution in [0.2, 0.25) is 0 Å². The first kappa shape index (κ1) is 13.1. The maximum atomic E-state index is 10.7. The Bertz CT molecular complexity index is 601. The first-order chi connectivity index (χ1) is 9.26. The third-order valence-electron chi connectivity index (χ3n) is 2.77. The first-order valence-corrected chi connectivity index (χ1v) is 6.24. The van der Waals surface area contributed by atoms with E-state index in [1.165, 1.54) is 4.68 Å². The fraction of sp³-hybridized carbons (Fsp3) is 0.286. The van der Waals surface area contributed by atoms with Crippen LogP contribution in [0.15, 0.2) is 29.6 Å². The van der Waals surface area contributed by atoms with Crippen LogP contribution in [-0.2, 0) is 4.79 Å². The second kappa shape index (κ2) is 6.04. The molecule has 0 aliphatic rings. The number of hydrogen-bond donors (Lipinski definition) is 0. The molecule has 0 amide bonds. The summed E-state index contributed by atoms with van der Waals surface area (Å²) < 4.78 is 1.24. The van der Waals surface area contributed by atoms with Crippen molar-refractivity contribution in [3.8, 4) is 11.1 Å². The molecule has 2 aromatic heterocycles. The average Bonchev–Trinajstić information content (AvgIpc) is 2.89. The second-order valence-corrected chi connectivity index (χ2v) is 4.21. The largest absolute Gasteiger partial charge is 0.276 e. The molecule has 0 aliphatic heterocycles. The van der Waals surface area contributed by atoms with Crippen molar-refractivity contribution in [3.63, 3.8) is 0 Å². The summed E-state index contributed by atoms with van der Waals surface area (Å²) in [5, 5.41) is 3.95. The minimum Gasteiger partial charge on any atom is -0.276 e. The van der Waals surface area contributed by atoms with Gasteiger partial charge in [0.2, 0.25) is 6.41 Å². The van der Waals surface area contributed by atoms with Crippen LogP contribution in [-0.4, -0.2) is 27.4 Å². The van der Waals surface area contributed by atoms with Gasteiger partial charge in [-0.2, -0.15) is 5.10 Å². The van der Waals surface area contributed by atoms with Gasteiger partial charge in [-0.05, 0) is 19.4 Å². The third kappa shape index (κ3) is 2.93. The molecule has 0 saturated carbocycles. The number of carbonyl (C=O) groups excluding carboxylic acids is 1. The molecule has 0 aromatic carbocycles. The summed E-state index contributed by atoms with van der Waals surface area (Å²) in [4.78, 5) is 19.4. The lowest BCUT2D eigenvalue weighted by Crippen LogP contribution is -1.92. The molecule has 0 unspecified atom stereocenters. The highest BCUT2D eigenvalue weighted by molar-refractivity contribution is 5.80. The van der Waals surface area contributed by atoms with Crippen molar-refractivity contribution in [2.75, 3.05) is 0 Å². The quantitative estimate of drug-likeness (QED) is 0.610. The molecule has 0 atom stereocenters. The van der Waals surface area contributed by atoms with Crippen molar-refractivity contribution in [1.29, 1.82) is 0 Å². The van der Waals surface area contributed by atoms with Gasteiger partial charge in [-0.1, -0.05) is 13.3 Å². The van der Waals surface area contributed by atoms with Gasteiger partial charge in [0.15, 0.2) is 0 Å². The van der Waals surface area contributed by atoms with E-state index in [1.54, 1.807) is 18.6 Å². The lowest BCUT2D eigenvalue weighted by Gasteiger charge is -2.05. The lowest BCUT2D eigenvalue weighted by molar-refractivity contribution is 0.540. The number of carbonyl (C=O) groups is 1. The standard InChI is InChI=1S/C14H16N4O/c1-3-4-6-16-14-11(2)15-7-5-13(14)12-8-17-18(9-12)10-19/h5-10H,3-4H2,1-2H3. The summed E-state index contributed by atoms with van der Waals surface area (Å²) in [5.41, 5.74) is 3.50. The van der Waals surface area contributed by atoms with Crippen LogP contribution in [0.4, 0.5) is 5.69 Å². The number of rotatable bonds is 5. The van der Waals surface area contributed by atoms with Crippen LogP contribution in [0.3, 0.4) is 0 Å². The van der Waals surface area contributed by atoms with E-state index in [0.29, 0.717) is 6.41 Å². The molecule has 5 nitrogen and oxygen atoms in total. The van der Waals surface area contributed by atoms with E-state index < -0.39 is 0 Å². The minimum absolute atomic E-state index is 0.664. The van der Waals surface area contributed by atoms with Gasteiger partial charge in [-0.3, -0.25) is 14.8 Å². The summed E-state index contributed by atoms with van der Waals surface area (Å²) in [5.74, 6) is 0. The molecule has 19 heavy (non-hydrogen) atoms. The van der Waals surface area contributed by atoms with Crippen molar-refractivity contribution in [3.05, 3.63) is 30.4 Å². The van der Waals surface area contributed by atoms with Gasteiger partial charge >= 0.3 is 0 Å². The van der Waals surface area contributed by atoms with Gasteiger partial charge in [0, 0.05) is 29.7 Å². The molecular weight excluding hydrogens is 240 g/mol. The summed E-state index contributed by atoms with van der Waals surface area (Å²) in [6.45, 7) is 4.03. The van der Waals surface area contributed by atoms with Gasteiger partial charge < -0.3 is 0 Å². The van der Waals surface area contributed by atoms with E-state index in [2.05, 4.69) is 22.0 Å². The Morgan fingerprint density at radius 2 is 2.32 bits per heavy atom. The molecule has 0 saturated heterocycles. The van der Waals surface area contributed by atoms with Gasteiger partial charge in [-0.15, -0.1) is 0 Å². The Kier molecular flexibility index (Phi) is 4.18. The molecule has 5 heteroatoms. The Hall–Kier alpha value is -2.30. The predicted molar refractivity (Wildman–Crippen MR) is 75.4 cm³/mol. The predicted octanol–water partition coefficient (Wildman–Crippen LogP) is 2.79. The van der Waals surface area contributed by atoms with Crippen molar-refractivity contribution < 1.29 is 4.79 Å². The van der Waals surface area contributed by atoms with Crippen molar-refractivity contribution in [1.82, 2.24) is 14.8 Å². The fourth-order valence-corrected chi connectivity index (χ4v) is 1.77. The number of aromatic nitrogens is 3. The van der Waals surface area contributed by atoms with Crippen LogP contribution >= 0.6 is 0 Å². The van der Waals surface area contributed by atoms with E-state index in [-0.39, 0.29) is 0 Å². The number of nitrogens with zero attached hydrogens (tertiary/aromatic N) is 4. The average molecular weight is 256 g/mol.